The monoisotopic (exact) mass is 354 g/mol. The topological polar surface area (TPSA) is 78.4 Å². The van der Waals surface area contributed by atoms with Crippen molar-refractivity contribution in [3.8, 4) is 0 Å². The minimum absolute atomic E-state index is 0.141. The predicted octanol–water partition coefficient (Wildman–Crippen LogP) is 2.19. The summed E-state index contributed by atoms with van der Waals surface area (Å²) in [7, 11) is 0. The second kappa shape index (κ2) is 9.73. The first-order chi connectivity index (χ1) is 12.5. The zero-order valence-corrected chi connectivity index (χ0v) is 15.1. The van der Waals surface area contributed by atoms with Crippen molar-refractivity contribution in [1.82, 2.24) is 10.6 Å². The standard InChI is InChI=1S/C21H26N2O3/c1-21(26,14-12-17-8-4-2-5-9-17)20(25)22-15-13-19(24)23-16-18-10-6-3-7-11-18/h2-11,26H,12-16H2,1H3,(H,22,25)(H,23,24)/t21-/m0/s1. The Morgan fingerprint density at radius 3 is 2.12 bits per heavy atom. The molecular weight excluding hydrogens is 328 g/mol. The van der Waals surface area contributed by atoms with Crippen molar-refractivity contribution in [3.63, 3.8) is 0 Å². The van der Waals surface area contributed by atoms with E-state index in [1.165, 1.54) is 6.92 Å². The van der Waals surface area contributed by atoms with Crippen molar-refractivity contribution in [2.75, 3.05) is 6.54 Å². The molecule has 3 N–H and O–H groups in total. The minimum atomic E-state index is -1.46. The van der Waals surface area contributed by atoms with Crippen LogP contribution in [0.25, 0.3) is 0 Å². The van der Waals surface area contributed by atoms with E-state index in [0.717, 1.165) is 11.1 Å². The first-order valence-corrected chi connectivity index (χ1v) is 8.82. The largest absolute Gasteiger partial charge is 0.380 e. The molecule has 138 valence electrons. The number of hydrogen-bond acceptors (Lipinski definition) is 3. The molecule has 0 bridgehead atoms. The molecule has 2 aromatic rings. The lowest BCUT2D eigenvalue weighted by Crippen LogP contribution is -2.45. The molecule has 0 fully saturated rings. The zero-order valence-electron chi connectivity index (χ0n) is 15.1. The van der Waals surface area contributed by atoms with Crippen LogP contribution in [-0.4, -0.2) is 29.1 Å². The lowest BCUT2D eigenvalue weighted by molar-refractivity contribution is -0.138. The summed E-state index contributed by atoms with van der Waals surface area (Å²) in [6.07, 6.45) is 1.11. The van der Waals surface area contributed by atoms with E-state index < -0.39 is 11.5 Å². The smallest absolute Gasteiger partial charge is 0.251 e. The molecule has 0 aromatic heterocycles. The van der Waals surface area contributed by atoms with Gasteiger partial charge in [-0.25, -0.2) is 0 Å². The predicted molar refractivity (Wildman–Crippen MR) is 101 cm³/mol. The number of amides is 2. The minimum Gasteiger partial charge on any atom is -0.380 e. The van der Waals surface area contributed by atoms with E-state index in [1.54, 1.807) is 0 Å². The van der Waals surface area contributed by atoms with Gasteiger partial charge in [0.2, 0.25) is 5.91 Å². The molecule has 26 heavy (non-hydrogen) atoms. The third kappa shape index (κ3) is 6.69. The highest BCUT2D eigenvalue weighted by atomic mass is 16.3. The number of aryl methyl sites for hydroxylation is 1. The fourth-order valence-electron chi connectivity index (χ4n) is 2.51. The molecule has 0 aliphatic carbocycles. The Balaban J connectivity index is 1.67. The van der Waals surface area contributed by atoms with Gasteiger partial charge in [-0.05, 0) is 30.9 Å². The van der Waals surface area contributed by atoms with Crippen LogP contribution in [0, 0.1) is 0 Å². The second-order valence-electron chi connectivity index (χ2n) is 6.53. The van der Waals surface area contributed by atoms with E-state index in [4.69, 9.17) is 0 Å². The van der Waals surface area contributed by atoms with Gasteiger partial charge in [-0.3, -0.25) is 9.59 Å². The van der Waals surface area contributed by atoms with Crippen molar-refractivity contribution in [2.45, 2.75) is 38.3 Å². The summed E-state index contributed by atoms with van der Waals surface area (Å²) >= 11 is 0. The Morgan fingerprint density at radius 2 is 1.50 bits per heavy atom. The van der Waals surface area contributed by atoms with E-state index in [-0.39, 0.29) is 18.9 Å². The Hall–Kier alpha value is -2.66. The maximum absolute atomic E-state index is 12.2. The van der Waals surface area contributed by atoms with Gasteiger partial charge >= 0.3 is 0 Å². The molecule has 0 unspecified atom stereocenters. The summed E-state index contributed by atoms with van der Waals surface area (Å²) in [5.41, 5.74) is 0.630. The van der Waals surface area contributed by atoms with Crippen LogP contribution in [0.3, 0.4) is 0 Å². The van der Waals surface area contributed by atoms with Gasteiger partial charge in [-0.15, -0.1) is 0 Å². The van der Waals surface area contributed by atoms with Gasteiger partial charge in [-0.2, -0.15) is 0 Å². The molecule has 0 saturated carbocycles. The molecule has 0 aliphatic rings. The van der Waals surface area contributed by atoms with Crippen LogP contribution < -0.4 is 10.6 Å². The molecule has 0 saturated heterocycles. The highest BCUT2D eigenvalue weighted by molar-refractivity contribution is 5.85. The van der Waals surface area contributed by atoms with Crippen molar-refractivity contribution in [3.05, 3.63) is 71.8 Å². The lowest BCUT2D eigenvalue weighted by Gasteiger charge is -2.22. The van der Waals surface area contributed by atoms with Crippen LogP contribution in [0.4, 0.5) is 0 Å². The molecule has 5 heteroatoms. The number of carbonyl (C=O) groups is 2. The Kier molecular flexibility index (Phi) is 7.36. The second-order valence-corrected chi connectivity index (χ2v) is 6.53. The molecule has 2 rings (SSSR count). The molecular formula is C21H26N2O3. The van der Waals surface area contributed by atoms with Crippen LogP contribution in [0.15, 0.2) is 60.7 Å². The van der Waals surface area contributed by atoms with Crippen LogP contribution in [-0.2, 0) is 22.6 Å². The van der Waals surface area contributed by atoms with E-state index in [2.05, 4.69) is 10.6 Å². The molecule has 1 atom stereocenters. The van der Waals surface area contributed by atoms with Crippen molar-refractivity contribution < 1.29 is 14.7 Å². The van der Waals surface area contributed by atoms with Crippen molar-refractivity contribution >= 4 is 11.8 Å². The summed E-state index contributed by atoms with van der Waals surface area (Å²) in [6.45, 7) is 2.16. The van der Waals surface area contributed by atoms with Gasteiger partial charge in [0.1, 0.15) is 5.60 Å². The average molecular weight is 354 g/mol. The number of carbonyl (C=O) groups excluding carboxylic acids is 2. The van der Waals surface area contributed by atoms with E-state index in [1.807, 2.05) is 60.7 Å². The van der Waals surface area contributed by atoms with Crippen molar-refractivity contribution in [2.24, 2.45) is 0 Å². The fourth-order valence-corrected chi connectivity index (χ4v) is 2.51. The summed E-state index contributed by atoms with van der Waals surface area (Å²) < 4.78 is 0. The zero-order chi connectivity index (χ0) is 18.8. The number of rotatable bonds is 9. The average Bonchev–Trinajstić information content (AvgIpc) is 2.66. The SMILES string of the molecule is C[C@](O)(CCc1ccccc1)C(=O)NCCC(=O)NCc1ccccc1. The first kappa shape index (κ1) is 19.7. The highest BCUT2D eigenvalue weighted by Gasteiger charge is 2.29. The van der Waals surface area contributed by atoms with Gasteiger partial charge in [0.15, 0.2) is 0 Å². The molecule has 0 spiro atoms. The molecule has 2 aromatic carbocycles. The number of hydrogen-bond donors (Lipinski definition) is 3. The lowest BCUT2D eigenvalue weighted by atomic mass is 9.96. The molecule has 5 nitrogen and oxygen atoms in total. The first-order valence-electron chi connectivity index (χ1n) is 8.82. The summed E-state index contributed by atoms with van der Waals surface area (Å²) in [6, 6.07) is 19.3. The van der Waals surface area contributed by atoms with Crippen LogP contribution in [0.2, 0.25) is 0 Å². The van der Waals surface area contributed by atoms with Gasteiger partial charge in [0.25, 0.3) is 5.91 Å². The number of nitrogens with one attached hydrogen (secondary N) is 2. The van der Waals surface area contributed by atoms with Crippen LogP contribution >= 0.6 is 0 Å². The van der Waals surface area contributed by atoms with E-state index in [0.29, 0.717) is 19.4 Å². The van der Waals surface area contributed by atoms with E-state index >= 15 is 0 Å². The Morgan fingerprint density at radius 1 is 0.923 bits per heavy atom. The third-order valence-corrected chi connectivity index (χ3v) is 4.20. The van der Waals surface area contributed by atoms with E-state index in [9.17, 15) is 14.7 Å². The Labute approximate surface area is 154 Å². The summed E-state index contributed by atoms with van der Waals surface area (Å²) in [5, 5.41) is 15.8. The van der Waals surface area contributed by atoms with Crippen molar-refractivity contribution in [1.29, 1.82) is 0 Å². The molecule has 0 aliphatic heterocycles. The highest BCUT2D eigenvalue weighted by Crippen LogP contribution is 2.14. The Bertz CT molecular complexity index is 700. The van der Waals surface area contributed by atoms with Gasteiger partial charge in [0.05, 0.1) is 0 Å². The quantitative estimate of drug-likeness (QED) is 0.646. The normalized spacial score (nSPS) is 12.8. The fraction of sp³-hybridized carbons (Fsp3) is 0.333. The number of aliphatic hydroxyl groups is 1. The maximum Gasteiger partial charge on any atom is 0.251 e. The number of benzene rings is 2. The summed E-state index contributed by atoms with van der Waals surface area (Å²) in [4.78, 5) is 24.0. The van der Waals surface area contributed by atoms with Crippen LogP contribution in [0.1, 0.15) is 30.9 Å². The van der Waals surface area contributed by atoms with Gasteiger partial charge < -0.3 is 15.7 Å². The van der Waals surface area contributed by atoms with Crippen LogP contribution in [0.5, 0.6) is 0 Å². The molecule has 0 radical (unpaired) electrons. The maximum atomic E-state index is 12.2. The third-order valence-electron chi connectivity index (χ3n) is 4.20. The van der Waals surface area contributed by atoms with Gasteiger partial charge in [-0.1, -0.05) is 60.7 Å². The van der Waals surface area contributed by atoms with Gasteiger partial charge in [0, 0.05) is 19.5 Å². The molecule has 0 heterocycles. The summed E-state index contributed by atoms with van der Waals surface area (Å²) in [5.74, 6) is -0.595. The molecule has 2 amide bonds.